The van der Waals surface area contributed by atoms with Crippen molar-refractivity contribution in [3.05, 3.63) is 48.5 Å². The van der Waals surface area contributed by atoms with Crippen LogP contribution in [0.15, 0.2) is 48.5 Å². The predicted molar refractivity (Wildman–Crippen MR) is 121 cm³/mol. The lowest BCUT2D eigenvalue weighted by Gasteiger charge is -2.26. The molecule has 1 saturated heterocycles. The van der Waals surface area contributed by atoms with Crippen LogP contribution in [0.2, 0.25) is 0 Å². The summed E-state index contributed by atoms with van der Waals surface area (Å²) in [6.45, 7) is 4.44. The second-order valence-corrected chi connectivity index (χ2v) is 6.64. The number of rotatable bonds is 5. The highest BCUT2D eigenvalue weighted by Gasteiger charge is 2.09. The van der Waals surface area contributed by atoms with Gasteiger partial charge >= 0.3 is 0 Å². The van der Waals surface area contributed by atoms with Crippen LogP contribution in [0, 0.1) is 0 Å². The van der Waals surface area contributed by atoms with Gasteiger partial charge in [0.1, 0.15) is 5.75 Å². The zero-order valence-corrected chi connectivity index (χ0v) is 17.8. The third-order valence-electron chi connectivity index (χ3n) is 4.83. The molecule has 0 spiro atoms. The molecule has 27 heavy (non-hydrogen) atoms. The third kappa shape index (κ3) is 6.11. The van der Waals surface area contributed by atoms with E-state index in [-0.39, 0.29) is 37.2 Å². The predicted octanol–water partition coefficient (Wildman–Crippen LogP) is 5.91. The molecule has 0 radical (unpaired) electrons. The Bertz CT molecular complexity index is 838. The zero-order chi connectivity index (χ0) is 16.2. The minimum atomic E-state index is 0. The molecular weight excluding hydrogens is 403 g/mol. The summed E-state index contributed by atoms with van der Waals surface area (Å²) in [6.07, 6.45) is 5.19. The largest absolute Gasteiger partial charge is 0.493 e. The molecule has 1 aliphatic heterocycles. The molecule has 1 fully saturated rings. The van der Waals surface area contributed by atoms with Crippen LogP contribution < -0.4 is 4.74 Å². The fourth-order valence-corrected chi connectivity index (χ4v) is 3.50. The molecule has 3 nitrogen and oxygen atoms in total. The fourth-order valence-electron chi connectivity index (χ4n) is 3.50. The number of aromatic nitrogens is 1. The second-order valence-electron chi connectivity index (χ2n) is 6.64. The molecule has 3 aromatic rings. The average molecular weight is 430 g/mol. The van der Waals surface area contributed by atoms with Crippen LogP contribution in [0.4, 0.5) is 0 Å². The van der Waals surface area contributed by atoms with Crippen molar-refractivity contribution >= 4 is 59.0 Å². The van der Waals surface area contributed by atoms with Gasteiger partial charge in [0.2, 0.25) is 0 Å². The summed E-state index contributed by atoms with van der Waals surface area (Å²) in [7, 11) is 0. The van der Waals surface area contributed by atoms with Crippen molar-refractivity contribution in [2.45, 2.75) is 25.7 Å². The summed E-state index contributed by atoms with van der Waals surface area (Å²) < 4.78 is 5.95. The van der Waals surface area contributed by atoms with Crippen LogP contribution in [0.25, 0.3) is 21.8 Å². The Morgan fingerprint density at radius 1 is 0.815 bits per heavy atom. The quantitative estimate of drug-likeness (QED) is 0.372. The van der Waals surface area contributed by atoms with Crippen molar-refractivity contribution in [3.63, 3.8) is 0 Å². The maximum Gasteiger partial charge on any atom is 0.121 e. The standard InChI is InChI=1S/C21H24N2O.3ClH/c1-4-11-23(12-5-1)13-6-14-24-19-10-9-18-15-17-7-2-3-8-20(17)22-21(18)16-19;;;/h2-3,7-10,15-16H,1,4-6,11-14H2;3*1H. The lowest BCUT2D eigenvalue weighted by molar-refractivity contribution is 0.205. The van der Waals surface area contributed by atoms with Crippen LogP contribution >= 0.6 is 37.2 Å². The van der Waals surface area contributed by atoms with Gasteiger partial charge in [-0.2, -0.15) is 0 Å². The fraction of sp³-hybridized carbons (Fsp3) is 0.381. The molecule has 0 unspecified atom stereocenters. The van der Waals surface area contributed by atoms with Gasteiger partial charge in [-0.15, -0.1) is 37.2 Å². The molecule has 0 bridgehead atoms. The van der Waals surface area contributed by atoms with Crippen molar-refractivity contribution in [1.29, 1.82) is 0 Å². The summed E-state index contributed by atoms with van der Waals surface area (Å²) in [5.41, 5.74) is 2.04. The van der Waals surface area contributed by atoms with Gasteiger partial charge in [-0.1, -0.05) is 24.6 Å². The van der Waals surface area contributed by atoms with Crippen molar-refractivity contribution < 1.29 is 4.74 Å². The molecule has 0 aliphatic carbocycles. The summed E-state index contributed by atoms with van der Waals surface area (Å²) in [5, 5.41) is 2.34. The number of halogens is 3. The van der Waals surface area contributed by atoms with E-state index in [9.17, 15) is 0 Å². The highest BCUT2D eigenvalue weighted by Crippen LogP contribution is 2.23. The van der Waals surface area contributed by atoms with Crippen LogP contribution in [-0.4, -0.2) is 36.1 Å². The normalized spacial score (nSPS) is 14.1. The van der Waals surface area contributed by atoms with Gasteiger partial charge < -0.3 is 9.64 Å². The molecule has 0 N–H and O–H groups in total. The molecule has 1 aromatic heterocycles. The smallest absolute Gasteiger partial charge is 0.121 e. The van der Waals surface area contributed by atoms with Gasteiger partial charge in [-0.25, -0.2) is 4.98 Å². The molecule has 148 valence electrons. The number of fused-ring (bicyclic) bond motifs is 2. The molecule has 6 heteroatoms. The lowest BCUT2D eigenvalue weighted by atomic mass is 10.1. The molecule has 0 atom stereocenters. The summed E-state index contributed by atoms with van der Waals surface area (Å²) in [4.78, 5) is 7.31. The van der Waals surface area contributed by atoms with Gasteiger partial charge in [-0.3, -0.25) is 0 Å². The van der Waals surface area contributed by atoms with Crippen molar-refractivity contribution in [2.75, 3.05) is 26.2 Å². The Labute approximate surface area is 179 Å². The number of nitrogens with zero attached hydrogens (tertiary/aromatic N) is 2. The Morgan fingerprint density at radius 2 is 1.56 bits per heavy atom. The Kier molecular flexibility index (Phi) is 10.2. The number of benzene rings is 2. The van der Waals surface area contributed by atoms with E-state index in [1.165, 1.54) is 37.7 Å². The highest BCUT2D eigenvalue weighted by molar-refractivity contribution is 5.93. The van der Waals surface area contributed by atoms with E-state index in [0.717, 1.165) is 41.7 Å². The van der Waals surface area contributed by atoms with Crippen LogP contribution in [0.5, 0.6) is 5.75 Å². The van der Waals surface area contributed by atoms with Gasteiger partial charge in [0.05, 0.1) is 17.6 Å². The Hall–Kier alpha value is -1.26. The molecule has 4 rings (SSSR count). The van der Waals surface area contributed by atoms with E-state index in [0.29, 0.717) is 0 Å². The van der Waals surface area contributed by atoms with E-state index in [2.05, 4.69) is 47.4 Å². The van der Waals surface area contributed by atoms with E-state index in [4.69, 9.17) is 9.72 Å². The highest BCUT2D eigenvalue weighted by atomic mass is 35.5. The van der Waals surface area contributed by atoms with Crippen molar-refractivity contribution in [1.82, 2.24) is 9.88 Å². The van der Waals surface area contributed by atoms with Gasteiger partial charge in [-0.05, 0) is 56.6 Å². The molecule has 2 aromatic carbocycles. The first-order valence-corrected chi connectivity index (χ1v) is 9.03. The lowest BCUT2D eigenvalue weighted by Crippen LogP contribution is -2.31. The first kappa shape index (κ1) is 23.8. The minimum Gasteiger partial charge on any atom is -0.493 e. The maximum atomic E-state index is 5.95. The number of likely N-dealkylation sites (tertiary alicyclic amines) is 1. The van der Waals surface area contributed by atoms with Gasteiger partial charge in [0, 0.05) is 23.4 Å². The number of hydrogen-bond acceptors (Lipinski definition) is 3. The van der Waals surface area contributed by atoms with Crippen molar-refractivity contribution in [2.24, 2.45) is 0 Å². The first-order chi connectivity index (χ1) is 11.9. The minimum absolute atomic E-state index is 0. The summed E-state index contributed by atoms with van der Waals surface area (Å²) in [6, 6.07) is 16.7. The molecule has 0 saturated carbocycles. The molecule has 0 amide bonds. The zero-order valence-electron chi connectivity index (χ0n) is 15.3. The summed E-state index contributed by atoms with van der Waals surface area (Å²) in [5.74, 6) is 0.920. The van der Waals surface area contributed by atoms with E-state index in [1.54, 1.807) is 0 Å². The number of piperidine rings is 1. The van der Waals surface area contributed by atoms with Crippen molar-refractivity contribution in [3.8, 4) is 5.75 Å². The first-order valence-electron chi connectivity index (χ1n) is 9.03. The number of para-hydroxylation sites is 1. The molecule has 1 aliphatic rings. The Balaban J connectivity index is 0.00000121. The van der Waals surface area contributed by atoms with Crippen LogP contribution in [0.1, 0.15) is 25.7 Å². The average Bonchev–Trinajstić information content (AvgIpc) is 2.64. The Morgan fingerprint density at radius 3 is 2.37 bits per heavy atom. The number of hydrogen-bond donors (Lipinski definition) is 0. The molecule has 2 heterocycles. The second kappa shape index (κ2) is 11.6. The number of ether oxygens (including phenoxy) is 1. The summed E-state index contributed by atoms with van der Waals surface area (Å²) >= 11 is 0. The SMILES string of the molecule is Cl.Cl.Cl.c1ccc2nc3cc(OCCCN4CCCCC4)ccc3cc2c1. The van der Waals surface area contributed by atoms with Crippen LogP contribution in [-0.2, 0) is 0 Å². The van der Waals surface area contributed by atoms with E-state index in [1.807, 2.05) is 6.07 Å². The van der Waals surface area contributed by atoms with E-state index >= 15 is 0 Å². The topological polar surface area (TPSA) is 25.4 Å². The maximum absolute atomic E-state index is 5.95. The molecular formula is C21H27Cl3N2O. The van der Waals surface area contributed by atoms with Gasteiger partial charge in [0.15, 0.2) is 0 Å². The van der Waals surface area contributed by atoms with E-state index < -0.39 is 0 Å². The number of pyridine rings is 1. The van der Waals surface area contributed by atoms with Gasteiger partial charge in [0.25, 0.3) is 0 Å². The monoisotopic (exact) mass is 428 g/mol. The third-order valence-corrected chi connectivity index (χ3v) is 4.83. The van der Waals surface area contributed by atoms with Crippen LogP contribution in [0.3, 0.4) is 0 Å².